The molecule has 6 heteroatoms. The average molecular weight is 348 g/mol. The first-order valence-electron chi connectivity index (χ1n) is 8.41. The molecule has 0 saturated heterocycles. The van der Waals surface area contributed by atoms with Crippen molar-refractivity contribution in [2.75, 3.05) is 6.54 Å². The summed E-state index contributed by atoms with van der Waals surface area (Å²) >= 11 is 0. The van der Waals surface area contributed by atoms with Crippen LogP contribution < -0.4 is 10.6 Å². The van der Waals surface area contributed by atoms with E-state index in [0.717, 1.165) is 5.56 Å². The number of nitrogens with one attached hydrogen (secondary N) is 2. The molecule has 0 saturated carbocycles. The standard InChI is InChI=1S/C19H28N2O4/c1-12(2)10-15(18(24)25)21-16(22)11-20-17(23)13-6-8-14(9-7-13)19(3,4)5/h6-9,12,15H,10-11H2,1-5H3,(H,20,23)(H,21,22)(H,24,25)/t15-/m1/s1. The van der Waals surface area contributed by atoms with Gasteiger partial charge in [0.25, 0.3) is 5.91 Å². The number of carbonyl (C=O) groups is 3. The first-order valence-corrected chi connectivity index (χ1v) is 8.41. The Hall–Kier alpha value is -2.37. The van der Waals surface area contributed by atoms with Gasteiger partial charge in [0.2, 0.25) is 5.91 Å². The highest BCUT2D eigenvalue weighted by atomic mass is 16.4. The lowest BCUT2D eigenvalue weighted by atomic mass is 9.87. The zero-order valence-electron chi connectivity index (χ0n) is 15.6. The van der Waals surface area contributed by atoms with Gasteiger partial charge in [-0.15, -0.1) is 0 Å². The second kappa shape index (κ2) is 8.65. The van der Waals surface area contributed by atoms with Crippen molar-refractivity contribution in [1.82, 2.24) is 10.6 Å². The first-order chi connectivity index (χ1) is 11.5. The van der Waals surface area contributed by atoms with Gasteiger partial charge in [-0.3, -0.25) is 9.59 Å². The molecule has 0 aliphatic heterocycles. The second-order valence-corrected chi connectivity index (χ2v) is 7.60. The minimum Gasteiger partial charge on any atom is -0.480 e. The van der Waals surface area contributed by atoms with Gasteiger partial charge < -0.3 is 15.7 Å². The fourth-order valence-corrected chi connectivity index (χ4v) is 2.32. The van der Waals surface area contributed by atoms with Crippen molar-refractivity contribution in [1.29, 1.82) is 0 Å². The fraction of sp³-hybridized carbons (Fsp3) is 0.526. The summed E-state index contributed by atoms with van der Waals surface area (Å²) in [5.41, 5.74) is 1.56. The van der Waals surface area contributed by atoms with Crippen LogP contribution in [0.15, 0.2) is 24.3 Å². The topological polar surface area (TPSA) is 95.5 Å². The molecule has 0 radical (unpaired) electrons. The molecule has 0 fully saturated rings. The van der Waals surface area contributed by atoms with Crippen LogP contribution in [0.5, 0.6) is 0 Å². The van der Waals surface area contributed by atoms with E-state index in [9.17, 15) is 14.4 Å². The van der Waals surface area contributed by atoms with Crippen LogP contribution >= 0.6 is 0 Å². The number of amides is 2. The van der Waals surface area contributed by atoms with Gasteiger partial charge in [-0.05, 0) is 35.4 Å². The second-order valence-electron chi connectivity index (χ2n) is 7.60. The summed E-state index contributed by atoms with van der Waals surface area (Å²) in [6, 6.07) is 6.26. The Morgan fingerprint density at radius 1 is 1.08 bits per heavy atom. The molecule has 0 aliphatic rings. The Bertz CT molecular complexity index is 615. The van der Waals surface area contributed by atoms with E-state index < -0.39 is 17.9 Å². The number of benzene rings is 1. The highest BCUT2D eigenvalue weighted by Crippen LogP contribution is 2.22. The number of aliphatic carboxylic acids is 1. The molecule has 0 heterocycles. The van der Waals surface area contributed by atoms with Gasteiger partial charge in [0, 0.05) is 5.56 Å². The van der Waals surface area contributed by atoms with Crippen LogP contribution in [0.25, 0.3) is 0 Å². The van der Waals surface area contributed by atoms with Crippen LogP contribution in [0.1, 0.15) is 57.0 Å². The predicted octanol–water partition coefficient (Wildman–Crippen LogP) is 2.33. The molecule has 1 aromatic carbocycles. The molecule has 2 amide bonds. The molecule has 0 aliphatic carbocycles. The Morgan fingerprint density at radius 3 is 2.08 bits per heavy atom. The maximum absolute atomic E-state index is 12.1. The van der Waals surface area contributed by atoms with Crippen LogP contribution in [0.4, 0.5) is 0 Å². The van der Waals surface area contributed by atoms with Crippen molar-refractivity contribution in [3.05, 3.63) is 35.4 Å². The number of hydrogen-bond donors (Lipinski definition) is 3. The lowest BCUT2D eigenvalue weighted by molar-refractivity contribution is -0.142. The first kappa shape index (κ1) is 20.7. The van der Waals surface area contributed by atoms with E-state index in [1.165, 1.54) is 0 Å². The summed E-state index contributed by atoms with van der Waals surface area (Å²) in [6.07, 6.45) is 0.337. The molecular formula is C19H28N2O4. The Labute approximate surface area is 149 Å². The Balaban J connectivity index is 2.58. The molecule has 0 aromatic heterocycles. The predicted molar refractivity (Wildman–Crippen MR) is 96.5 cm³/mol. The van der Waals surface area contributed by atoms with Gasteiger partial charge in [-0.2, -0.15) is 0 Å². The van der Waals surface area contributed by atoms with Gasteiger partial charge in [0.1, 0.15) is 6.04 Å². The summed E-state index contributed by atoms with van der Waals surface area (Å²) in [4.78, 5) is 35.1. The van der Waals surface area contributed by atoms with Gasteiger partial charge >= 0.3 is 5.97 Å². The van der Waals surface area contributed by atoms with Gasteiger partial charge in [-0.25, -0.2) is 4.79 Å². The molecule has 1 rings (SSSR count). The van der Waals surface area contributed by atoms with Crippen molar-refractivity contribution < 1.29 is 19.5 Å². The number of carbonyl (C=O) groups excluding carboxylic acids is 2. The van der Waals surface area contributed by atoms with Crippen LogP contribution in [0, 0.1) is 5.92 Å². The van der Waals surface area contributed by atoms with Crippen LogP contribution in [-0.4, -0.2) is 35.5 Å². The summed E-state index contributed by atoms with van der Waals surface area (Å²) in [5.74, 6) is -1.83. The van der Waals surface area contributed by atoms with Crippen LogP contribution in [0.2, 0.25) is 0 Å². The molecule has 25 heavy (non-hydrogen) atoms. The van der Waals surface area contributed by atoms with Crippen molar-refractivity contribution in [3.8, 4) is 0 Å². The molecule has 138 valence electrons. The van der Waals surface area contributed by atoms with Crippen molar-refractivity contribution in [2.24, 2.45) is 5.92 Å². The maximum atomic E-state index is 12.1. The molecule has 0 bridgehead atoms. The zero-order valence-corrected chi connectivity index (χ0v) is 15.6. The summed E-state index contributed by atoms with van der Waals surface area (Å²) in [7, 11) is 0. The van der Waals surface area contributed by atoms with Crippen molar-refractivity contribution >= 4 is 17.8 Å². The summed E-state index contributed by atoms with van der Waals surface area (Å²) in [5, 5.41) is 14.1. The fourth-order valence-electron chi connectivity index (χ4n) is 2.32. The largest absolute Gasteiger partial charge is 0.480 e. The average Bonchev–Trinajstić information content (AvgIpc) is 2.50. The zero-order chi connectivity index (χ0) is 19.2. The van der Waals surface area contributed by atoms with Crippen LogP contribution in [-0.2, 0) is 15.0 Å². The quantitative estimate of drug-likeness (QED) is 0.705. The van der Waals surface area contributed by atoms with Gasteiger partial charge in [0.15, 0.2) is 0 Å². The smallest absolute Gasteiger partial charge is 0.326 e. The molecule has 0 spiro atoms. The lowest BCUT2D eigenvalue weighted by Crippen LogP contribution is -2.46. The van der Waals surface area contributed by atoms with Crippen LogP contribution in [0.3, 0.4) is 0 Å². The maximum Gasteiger partial charge on any atom is 0.326 e. The van der Waals surface area contributed by atoms with E-state index >= 15 is 0 Å². The Morgan fingerprint density at radius 2 is 1.64 bits per heavy atom. The molecular weight excluding hydrogens is 320 g/mol. The highest BCUT2D eigenvalue weighted by Gasteiger charge is 2.21. The molecule has 0 unspecified atom stereocenters. The summed E-state index contributed by atoms with van der Waals surface area (Å²) in [6.45, 7) is 9.76. The minimum atomic E-state index is -1.08. The normalized spacial score (nSPS) is 12.6. The van der Waals surface area contributed by atoms with Gasteiger partial charge in [0.05, 0.1) is 6.54 Å². The monoisotopic (exact) mass is 348 g/mol. The third-order valence-corrected chi connectivity index (χ3v) is 3.76. The van der Waals surface area contributed by atoms with E-state index in [1.54, 1.807) is 12.1 Å². The van der Waals surface area contributed by atoms with E-state index in [0.29, 0.717) is 12.0 Å². The number of hydrogen-bond acceptors (Lipinski definition) is 3. The van der Waals surface area contributed by atoms with E-state index in [2.05, 4.69) is 31.4 Å². The minimum absolute atomic E-state index is 0.00283. The van der Waals surface area contributed by atoms with E-state index in [-0.39, 0.29) is 23.8 Å². The number of carboxylic acid groups (broad SMARTS) is 1. The molecule has 3 N–H and O–H groups in total. The molecule has 1 atom stereocenters. The van der Waals surface area contributed by atoms with Crippen molar-refractivity contribution in [3.63, 3.8) is 0 Å². The number of rotatable bonds is 7. The SMILES string of the molecule is CC(C)C[C@@H](NC(=O)CNC(=O)c1ccc(C(C)(C)C)cc1)C(=O)O. The third kappa shape index (κ3) is 6.95. The highest BCUT2D eigenvalue weighted by molar-refractivity contribution is 5.96. The van der Waals surface area contributed by atoms with E-state index in [1.807, 2.05) is 26.0 Å². The third-order valence-electron chi connectivity index (χ3n) is 3.76. The lowest BCUT2D eigenvalue weighted by Gasteiger charge is -2.19. The molecule has 6 nitrogen and oxygen atoms in total. The number of carboxylic acids is 1. The molecule has 1 aromatic rings. The van der Waals surface area contributed by atoms with Gasteiger partial charge in [-0.1, -0.05) is 46.8 Å². The summed E-state index contributed by atoms with van der Waals surface area (Å²) < 4.78 is 0. The van der Waals surface area contributed by atoms with E-state index in [4.69, 9.17) is 5.11 Å². The van der Waals surface area contributed by atoms with Crippen molar-refractivity contribution in [2.45, 2.75) is 52.5 Å². The Kier molecular flexibility index (Phi) is 7.15.